The highest BCUT2D eigenvalue weighted by atomic mass is 16.5. The molecule has 26 heavy (non-hydrogen) atoms. The van der Waals surface area contributed by atoms with Gasteiger partial charge in [0.2, 0.25) is 0 Å². The molecule has 0 radical (unpaired) electrons. The van der Waals surface area contributed by atoms with Crippen molar-refractivity contribution in [3.8, 4) is 5.75 Å². The molecule has 0 bridgehead atoms. The Morgan fingerprint density at radius 1 is 1.23 bits per heavy atom. The summed E-state index contributed by atoms with van der Waals surface area (Å²) in [5, 5.41) is 3.19. The van der Waals surface area contributed by atoms with Crippen LogP contribution < -0.4 is 15.7 Å². The molecule has 7 heteroatoms. The highest BCUT2D eigenvalue weighted by Gasteiger charge is 2.14. The molecule has 0 unspecified atom stereocenters. The lowest BCUT2D eigenvalue weighted by atomic mass is 10.1. The van der Waals surface area contributed by atoms with E-state index in [2.05, 4.69) is 5.32 Å². The third-order valence-electron chi connectivity index (χ3n) is 3.39. The first kappa shape index (κ1) is 19.4. The van der Waals surface area contributed by atoms with Gasteiger partial charge in [-0.2, -0.15) is 0 Å². The molecule has 2 rings (SSSR count). The average molecular weight is 359 g/mol. The number of hydrogen-bond donors (Lipinski definition) is 1. The maximum absolute atomic E-state index is 12.1. The minimum Gasteiger partial charge on any atom is -0.423 e. The van der Waals surface area contributed by atoms with Crippen LogP contribution >= 0.6 is 0 Å². The molecule has 0 fully saturated rings. The van der Waals surface area contributed by atoms with Gasteiger partial charge < -0.3 is 19.2 Å². The van der Waals surface area contributed by atoms with E-state index in [1.807, 2.05) is 0 Å². The van der Waals surface area contributed by atoms with Gasteiger partial charge in [-0.05, 0) is 38.5 Å². The highest BCUT2D eigenvalue weighted by molar-refractivity contribution is 5.96. The number of carbonyl (C=O) groups is 2. The summed E-state index contributed by atoms with van der Waals surface area (Å²) in [6.07, 6.45) is 2.00. The molecule has 1 heterocycles. The molecule has 0 saturated carbocycles. The third kappa shape index (κ3) is 5.29. The molecule has 1 amide bonds. The monoisotopic (exact) mass is 359 g/mol. The molecule has 1 aromatic heterocycles. The van der Waals surface area contributed by atoms with Crippen LogP contribution in [0.25, 0.3) is 11.0 Å². The number of carbonyl (C=O) groups excluding carboxylic acids is 2. The van der Waals surface area contributed by atoms with Crippen molar-refractivity contribution in [3.63, 3.8) is 0 Å². The number of fused-ring (bicyclic) bond motifs is 1. The third-order valence-corrected chi connectivity index (χ3v) is 3.39. The van der Waals surface area contributed by atoms with Gasteiger partial charge >= 0.3 is 11.6 Å². The van der Waals surface area contributed by atoms with E-state index in [1.165, 1.54) is 18.2 Å². The van der Waals surface area contributed by atoms with Crippen molar-refractivity contribution in [3.05, 3.63) is 51.9 Å². The lowest BCUT2D eigenvalue weighted by molar-refractivity contribution is -0.129. The van der Waals surface area contributed by atoms with Crippen LogP contribution in [0, 0.1) is 0 Å². The Balaban J connectivity index is 2.19. The maximum atomic E-state index is 12.1. The van der Waals surface area contributed by atoms with Crippen molar-refractivity contribution in [2.24, 2.45) is 0 Å². The first-order valence-electron chi connectivity index (χ1n) is 8.12. The number of ether oxygens (including phenoxy) is 2. The van der Waals surface area contributed by atoms with Crippen LogP contribution in [0.5, 0.6) is 5.75 Å². The van der Waals surface area contributed by atoms with Crippen molar-refractivity contribution >= 4 is 22.8 Å². The van der Waals surface area contributed by atoms with E-state index < -0.39 is 17.5 Å². The Kier molecular flexibility index (Phi) is 6.68. The zero-order valence-electron chi connectivity index (χ0n) is 15.0. The quantitative estimate of drug-likeness (QED) is 0.268. The van der Waals surface area contributed by atoms with Gasteiger partial charge in [-0.15, -0.1) is 0 Å². The second-order valence-electron chi connectivity index (χ2n) is 5.89. The topological polar surface area (TPSA) is 94.8 Å². The molecular weight excluding hydrogens is 338 g/mol. The van der Waals surface area contributed by atoms with E-state index in [0.717, 1.165) is 5.57 Å². The molecule has 0 spiro atoms. The first-order chi connectivity index (χ1) is 12.4. The molecule has 0 atom stereocenters. The molecule has 1 N–H and O–H groups in total. The Bertz CT molecular complexity index is 893. The van der Waals surface area contributed by atoms with E-state index >= 15 is 0 Å². The van der Waals surface area contributed by atoms with E-state index in [-0.39, 0.29) is 16.9 Å². The predicted octanol–water partition coefficient (Wildman–Crippen LogP) is 2.43. The van der Waals surface area contributed by atoms with Gasteiger partial charge in [-0.25, -0.2) is 9.59 Å². The van der Waals surface area contributed by atoms with Crippen LogP contribution in [0.15, 0.2) is 45.1 Å². The SMILES string of the molecule is COCCCNC(=O)c1cc2ccc(OC(=O)C=C(C)C)cc2oc1=O. The fraction of sp³-hybridized carbons (Fsp3) is 0.316. The van der Waals surface area contributed by atoms with E-state index in [4.69, 9.17) is 13.9 Å². The summed E-state index contributed by atoms with van der Waals surface area (Å²) in [6.45, 7) is 4.47. The highest BCUT2D eigenvalue weighted by Crippen LogP contribution is 2.21. The molecule has 0 aliphatic heterocycles. The maximum Gasteiger partial charge on any atom is 0.349 e. The van der Waals surface area contributed by atoms with E-state index in [0.29, 0.717) is 25.0 Å². The Labute approximate surface area is 150 Å². The molecule has 138 valence electrons. The minimum absolute atomic E-state index is 0.0794. The van der Waals surface area contributed by atoms with Gasteiger partial charge in [-0.3, -0.25) is 4.79 Å². The first-order valence-corrected chi connectivity index (χ1v) is 8.12. The zero-order chi connectivity index (χ0) is 19.1. The summed E-state index contributed by atoms with van der Waals surface area (Å²) in [5.41, 5.74) is 0.204. The summed E-state index contributed by atoms with van der Waals surface area (Å²) in [5.74, 6) is -0.769. The summed E-state index contributed by atoms with van der Waals surface area (Å²) >= 11 is 0. The minimum atomic E-state index is -0.755. The van der Waals surface area contributed by atoms with Crippen LogP contribution in [0.4, 0.5) is 0 Å². The number of amides is 1. The van der Waals surface area contributed by atoms with Crippen LogP contribution in [0.2, 0.25) is 0 Å². The zero-order valence-corrected chi connectivity index (χ0v) is 15.0. The van der Waals surface area contributed by atoms with Crippen LogP contribution in [-0.2, 0) is 9.53 Å². The molecule has 0 aliphatic carbocycles. The number of hydrogen-bond acceptors (Lipinski definition) is 6. The van der Waals surface area contributed by atoms with Gasteiger partial charge in [0, 0.05) is 37.8 Å². The van der Waals surface area contributed by atoms with Crippen LogP contribution in [0.1, 0.15) is 30.6 Å². The van der Waals surface area contributed by atoms with Crippen LogP contribution in [0.3, 0.4) is 0 Å². The molecule has 0 aliphatic rings. The Hall–Kier alpha value is -2.93. The largest absolute Gasteiger partial charge is 0.423 e. The van der Waals surface area contributed by atoms with Crippen molar-refractivity contribution in [1.82, 2.24) is 5.32 Å². The van der Waals surface area contributed by atoms with Gasteiger partial charge in [-0.1, -0.05) is 5.57 Å². The summed E-state index contributed by atoms with van der Waals surface area (Å²) in [6, 6.07) is 6.08. The van der Waals surface area contributed by atoms with Crippen LogP contribution in [-0.4, -0.2) is 32.1 Å². The van der Waals surface area contributed by atoms with Gasteiger partial charge in [0.25, 0.3) is 5.91 Å². The number of nitrogens with one attached hydrogen (secondary N) is 1. The lowest BCUT2D eigenvalue weighted by Gasteiger charge is -2.06. The van der Waals surface area contributed by atoms with Gasteiger partial charge in [0.05, 0.1) is 0 Å². The smallest absolute Gasteiger partial charge is 0.349 e. The fourth-order valence-corrected chi connectivity index (χ4v) is 2.21. The number of benzene rings is 1. The fourth-order valence-electron chi connectivity index (χ4n) is 2.21. The average Bonchev–Trinajstić information content (AvgIpc) is 2.57. The van der Waals surface area contributed by atoms with Gasteiger partial charge in [0.1, 0.15) is 16.9 Å². The van der Waals surface area contributed by atoms with E-state index in [1.54, 1.807) is 33.1 Å². The van der Waals surface area contributed by atoms with Crippen molar-refractivity contribution in [2.45, 2.75) is 20.3 Å². The number of allylic oxidation sites excluding steroid dienone is 1. The summed E-state index contributed by atoms with van der Waals surface area (Å²) < 4.78 is 15.3. The number of rotatable bonds is 7. The number of esters is 1. The van der Waals surface area contributed by atoms with E-state index in [9.17, 15) is 14.4 Å². The normalized spacial score (nSPS) is 10.4. The lowest BCUT2D eigenvalue weighted by Crippen LogP contribution is -2.29. The Morgan fingerprint density at radius 2 is 2.00 bits per heavy atom. The summed E-state index contributed by atoms with van der Waals surface area (Å²) in [4.78, 5) is 35.8. The summed E-state index contributed by atoms with van der Waals surface area (Å²) in [7, 11) is 1.57. The molecule has 2 aromatic rings. The van der Waals surface area contributed by atoms with Crippen molar-refractivity contribution in [1.29, 1.82) is 0 Å². The molecule has 7 nitrogen and oxygen atoms in total. The van der Waals surface area contributed by atoms with Crippen molar-refractivity contribution < 1.29 is 23.5 Å². The van der Waals surface area contributed by atoms with Crippen molar-refractivity contribution in [2.75, 3.05) is 20.3 Å². The Morgan fingerprint density at radius 3 is 2.69 bits per heavy atom. The molecular formula is C19H21NO6. The predicted molar refractivity (Wildman–Crippen MR) is 96.4 cm³/mol. The molecule has 1 aromatic carbocycles. The second kappa shape index (κ2) is 8.96. The van der Waals surface area contributed by atoms with Gasteiger partial charge in [0.15, 0.2) is 0 Å². The standard InChI is InChI=1S/C19H21NO6/c1-12(2)9-17(21)25-14-6-5-13-10-15(19(23)26-16(13)11-14)18(22)20-7-4-8-24-3/h5-6,9-11H,4,7-8H2,1-3H3,(H,20,22). The molecule has 0 saturated heterocycles. The second-order valence-corrected chi connectivity index (χ2v) is 5.89. The number of methoxy groups -OCH3 is 1.